The lowest BCUT2D eigenvalue weighted by molar-refractivity contribution is 0.0987. The molecule has 0 amide bonds. The Morgan fingerprint density at radius 3 is 1.06 bits per heavy atom. The first kappa shape index (κ1) is 37.2. The van der Waals surface area contributed by atoms with Crippen LogP contribution in [0.15, 0.2) is 140 Å². The number of benzene rings is 8. The zero-order valence-electron chi connectivity index (χ0n) is 30.5. The van der Waals surface area contributed by atoms with E-state index in [1.807, 2.05) is 85.8 Å². The third-order valence-corrected chi connectivity index (χ3v) is 9.91. The van der Waals surface area contributed by atoms with Crippen molar-refractivity contribution >= 4 is 56.7 Å². The van der Waals surface area contributed by atoms with Crippen LogP contribution in [0.3, 0.4) is 0 Å². The molecular weight excluding hydrogens is 669 g/mol. The molecule has 0 aromatic heterocycles. The van der Waals surface area contributed by atoms with Crippen LogP contribution in [0, 0.1) is 0 Å². The number of Topliss-reactive ketones (excluding diaryl/α,β-unsaturated/α-hetero) is 1. The molecule has 0 bridgehead atoms. The molecule has 0 radical (unpaired) electrons. The smallest absolute Gasteiger partial charge is 0.162 e. The van der Waals surface area contributed by atoms with Gasteiger partial charge in [0, 0.05) is 37.3 Å². The standard InChI is InChI=1S/C47H32O3.2CH4O/c1-3-29-5-11-32(12-6-29)41-25-42(33-13-7-30(27-48)8-14-33)38-23-24-40-44(35-17-19-36(20-18-35)45(50)4-2)26-43(34-15-9-31(28-49)10-16-34)39-22-21-37(41)46(38)47(39)40;2*1-2/h3,5-28H,1,4H2,2H3;2*2H,1H3. The second-order valence-electron chi connectivity index (χ2n) is 12.7. The van der Waals surface area contributed by atoms with Gasteiger partial charge < -0.3 is 10.2 Å². The predicted octanol–water partition coefficient (Wildman–Crippen LogP) is 11.3. The van der Waals surface area contributed by atoms with Crippen molar-refractivity contribution in [3.8, 4) is 44.5 Å². The van der Waals surface area contributed by atoms with Crippen LogP contribution < -0.4 is 0 Å². The van der Waals surface area contributed by atoms with Crippen molar-refractivity contribution in [1.29, 1.82) is 0 Å². The molecule has 0 aliphatic heterocycles. The van der Waals surface area contributed by atoms with Gasteiger partial charge in [0.15, 0.2) is 5.78 Å². The van der Waals surface area contributed by atoms with Crippen LogP contribution in [0.4, 0.5) is 0 Å². The Labute approximate surface area is 314 Å². The molecule has 5 nitrogen and oxygen atoms in total. The van der Waals surface area contributed by atoms with E-state index in [-0.39, 0.29) is 5.78 Å². The summed E-state index contributed by atoms with van der Waals surface area (Å²) >= 11 is 0. The quantitative estimate of drug-likeness (QED) is 0.0885. The fourth-order valence-corrected chi connectivity index (χ4v) is 7.27. The fraction of sp³-hybridized carbons (Fsp3) is 0.0816. The molecule has 8 rings (SSSR count). The number of ketones is 1. The average Bonchev–Trinajstić information content (AvgIpc) is 3.26. The normalized spacial score (nSPS) is 10.7. The first-order valence-corrected chi connectivity index (χ1v) is 17.7. The Morgan fingerprint density at radius 1 is 0.481 bits per heavy atom. The Kier molecular flexibility index (Phi) is 11.3. The van der Waals surface area contributed by atoms with Crippen LogP contribution in [0.2, 0.25) is 0 Å². The first-order chi connectivity index (χ1) is 26.5. The van der Waals surface area contributed by atoms with E-state index in [2.05, 4.69) is 67.2 Å². The minimum atomic E-state index is 0.116. The van der Waals surface area contributed by atoms with Crippen LogP contribution in [-0.4, -0.2) is 42.8 Å². The van der Waals surface area contributed by atoms with Crippen LogP contribution in [0.5, 0.6) is 0 Å². The van der Waals surface area contributed by atoms with Gasteiger partial charge in [0.2, 0.25) is 0 Å². The molecule has 8 aromatic carbocycles. The van der Waals surface area contributed by atoms with Crippen LogP contribution in [0.25, 0.3) is 82.9 Å². The summed E-state index contributed by atoms with van der Waals surface area (Å²) in [5.74, 6) is 0.116. The molecule has 54 heavy (non-hydrogen) atoms. The summed E-state index contributed by atoms with van der Waals surface area (Å²) in [7, 11) is 2.00. The monoisotopic (exact) mass is 708 g/mol. The van der Waals surface area contributed by atoms with Gasteiger partial charge in [-0.1, -0.05) is 141 Å². The minimum Gasteiger partial charge on any atom is -0.400 e. The highest BCUT2D eigenvalue weighted by Gasteiger charge is 2.21. The van der Waals surface area contributed by atoms with Crippen molar-refractivity contribution in [2.75, 3.05) is 14.2 Å². The molecule has 0 saturated heterocycles. The van der Waals surface area contributed by atoms with Gasteiger partial charge in [-0.25, -0.2) is 0 Å². The second kappa shape index (κ2) is 16.4. The van der Waals surface area contributed by atoms with Crippen LogP contribution >= 0.6 is 0 Å². The highest BCUT2D eigenvalue weighted by molar-refractivity contribution is 6.32. The third-order valence-electron chi connectivity index (χ3n) is 9.91. The zero-order chi connectivity index (χ0) is 38.4. The number of hydrogen-bond acceptors (Lipinski definition) is 5. The molecule has 0 saturated carbocycles. The summed E-state index contributed by atoms with van der Waals surface area (Å²) in [4.78, 5) is 35.6. The predicted molar refractivity (Wildman–Crippen MR) is 224 cm³/mol. The van der Waals surface area contributed by atoms with Gasteiger partial charge in [-0.3, -0.25) is 14.4 Å². The molecule has 0 aliphatic rings. The van der Waals surface area contributed by atoms with E-state index in [4.69, 9.17) is 10.2 Å². The van der Waals surface area contributed by atoms with Crippen molar-refractivity contribution in [2.45, 2.75) is 13.3 Å². The van der Waals surface area contributed by atoms with E-state index in [9.17, 15) is 14.4 Å². The molecule has 0 aliphatic carbocycles. The SMILES string of the molecule is C=Cc1ccc(-c2cc(-c3ccc(C=O)cc3)c3ccc4c(-c5ccc(C(=O)CC)cc5)cc(-c5ccc(C=O)cc5)c5ccc2c3c54)cc1.CO.CO. The summed E-state index contributed by atoms with van der Waals surface area (Å²) in [5, 5.41) is 20.8. The summed E-state index contributed by atoms with van der Waals surface area (Å²) in [5.41, 5.74) is 11.5. The van der Waals surface area contributed by atoms with Gasteiger partial charge in [-0.15, -0.1) is 0 Å². The molecule has 8 aromatic rings. The largest absolute Gasteiger partial charge is 0.400 e. The van der Waals surface area contributed by atoms with Crippen LogP contribution in [0.1, 0.15) is 50.0 Å². The number of rotatable bonds is 9. The van der Waals surface area contributed by atoms with E-state index in [1.165, 1.54) is 0 Å². The number of aliphatic hydroxyl groups is 2. The molecule has 0 heterocycles. The maximum atomic E-state index is 12.5. The number of hydrogen-bond donors (Lipinski definition) is 2. The number of aliphatic hydroxyl groups excluding tert-OH is 2. The molecule has 0 fully saturated rings. The van der Waals surface area contributed by atoms with E-state index >= 15 is 0 Å². The zero-order valence-corrected chi connectivity index (χ0v) is 30.5. The van der Waals surface area contributed by atoms with Crippen molar-refractivity contribution < 1.29 is 24.6 Å². The number of aldehydes is 2. The second-order valence-corrected chi connectivity index (χ2v) is 12.7. The average molecular weight is 709 g/mol. The molecule has 2 N–H and O–H groups in total. The van der Waals surface area contributed by atoms with Crippen molar-refractivity contribution in [3.05, 3.63) is 162 Å². The van der Waals surface area contributed by atoms with E-state index in [1.54, 1.807) is 0 Å². The fourth-order valence-electron chi connectivity index (χ4n) is 7.27. The van der Waals surface area contributed by atoms with E-state index in [0.29, 0.717) is 23.1 Å². The van der Waals surface area contributed by atoms with Crippen molar-refractivity contribution in [1.82, 2.24) is 0 Å². The summed E-state index contributed by atoms with van der Waals surface area (Å²) in [6, 6.07) is 45.3. The van der Waals surface area contributed by atoms with Crippen molar-refractivity contribution in [2.24, 2.45) is 0 Å². The van der Waals surface area contributed by atoms with E-state index < -0.39 is 0 Å². The van der Waals surface area contributed by atoms with Gasteiger partial charge in [0.25, 0.3) is 0 Å². The highest BCUT2D eigenvalue weighted by atomic mass is 16.2. The lowest BCUT2D eigenvalue weighted by Gasteiger charge is -2.21. The Hall–Kier alpha value is -6.53. The van der Waals surface area contributed by atoms with Gasteiger partial charge in [0.1, 0.15) is 12.6 Å². The number of carbonyl (C=O) groups is 3. The molecule has 0 unspecified atom stereocenters. The van der Waals surface area contributed by atoms with Crippen molar-refractivity contribution in [3.63, 3.8) is 0 Å². The lowest BCUT2D eigenvalue weighted by Crippen LogP contribution is -1.96. The summed E-state index contributed by atoms with van der Waals surface area (Å²) in [6.07, 6.45) is 4.04. The highest BCUT2D eigenvalue weighted by Crippen LogP contribution is 2.48. The lowest BCUT2D eigenvalue weighted by atomic mass is 9.81. The van der Waals surface area contributed by atoms with Gasteiger partial charge in [-0.2, -0.15) is 0 Å². The maximum Gasteiger partial charge on any atom is 0.162 e. The third kappa shape index (κ3) is 6.74. The molecule has 0 atom stereocenters. The van der Waals surface area contributed by atoms with Crippen LogP contribution in [-0.2, 0) is 0 Å². The maximum absolute atomic E-state index is 12.5. The number of carbonyl (C=O) groups excluding carboxylic acids is 3. The molecule has 5 heteroatoms. The topological polar surface area (TPSA) is 91.7 Å². The minimum absolute atomic E-state index is 0.116. The first-order valence-electron chi connectivity index (χ1n) is 17.7. The van der Waals surface area contributed by atoms with E-state index in [0.717, 1.165) is 109 Å². The molecule has 266 valence electrons. The van der Waals surface area contributed by atoms with Gasteiger partial charge >= 0.3 is 0 Å². The summed E-state index contributed by atoms with van der Waals surface area (Å²) in [6.45, 7) is 5.82. The Balaban J connectivity index is 0.00000120. The Morgan fingerprint density at radius 2 is 0.778 bits per heavy atom. The molecule has 0 spiro atoms. The Bertz CT molecular complexity index is 2530. The summed E-state index contributed by atoms with van der Waals surface area (Å²) < 4.78 is 0. The molecular formula is C49H40O5. The van der Waals surface area contributed by atoms with Gasteiger partial charge in [-0.05, 0) is 94.5 Å². The van der Waals surface area contributed by atoms with Gasteiger partial charge in [0.05, 0.1) is 0 Å².